The first-order valence-corrected chi connectivity index (χ1v) is 10.2. The van der Waals surface area contributed by atoms with Crippen LogP contribution in [-0.4, -0.2) is 39.0 Å². The summed E-state index contributed by atoms with van der Waals surface area (Å²) in [5.74, 6) is 0.00796. The smallest absolute Gasteiger partial charge is 0.332 e. The van der Waals surface area contributed by atoms with E-state index in [1.54, 1.807) is 25.2 Å². The van der Waals surface area contributed by atoms with Crippen LogP contribution >= 0.6 is 0 Å². The fraction of sp³-hybridized carbons (Fsp3) is 0.217. The van der Waals surface area contributed by atoms with Gasteiger partial charge in [0.15, 0.2) is 17.0 Å². The van der Waals surface area contributed by atoms with Crippen LogP contribution in [0.15, 0.2) is 58.3 Å². The molecule has 11 heteroatoms. The topological polar surface area (TPSA) is 109 Å². The van der Waals surface area contributed by atoms with Crippen molar-refractivity contribution in [1.29, 1.82) is 0 Å². The highest BCUT2D eigenvalue weighted by Gasteiger charge is 2.19. The normalized spacial score (nSPS) is 10.9. The molecule has 10 nitrogen and oxygen atoms in total. The van der Waals surface area contributed by atoms with Gasteiger partial charge in [0.25, 0.3) is 5.56 Å². The number of halogens is 1. The average molecular weight is 467 g/mol. The maximum Gasteiger partial charge on any atom is 0.332 e. The molecule has 0 atom stereocenters. The minimum Gasteiger partial charge on any atom is -0.493 e. The lowest BCUT2D eigenvalue weighted by Gasteiger charge is -2.13. The summed E-state index contributed by atoms with van der Waals surface area (Å²) in [6.45, 7) is -0.458. The molecule has 0 bridgehead atoms. The first kappa shape index (κ1) is 22.8. The molecule has 4 aromatic rings. The lowest BCUT2D eigenvalue weighted by Crippen LogP contribution is -2.41. The molecule has 1 N–H and O–H groups in total. The summed E-state index contributed by atoms with van der Waals surface area (Å²) in [4.78, 5) is 39.1. The first-order valence-electron chi connectivity index (χ1n) is 10.2. The van der Waals surface area contributed by atoms with Crippen LogP contribution in [0.1, 0.15) is 5.56 Å². The van der Waals surface area contributed by atoms with E-state index in [4.69, 9.17) is 9.47 Å². The van der Waals surface area contributed by atoms with E-state index in [1.807, 2.05) is 0 Å². The predicted molar refractivity (Wildman–Crippen MR) is 123 cm³/mol. The summed E-state index contributed by atoms with van der Waals surface area (Å²) in [7, 11) is 4.59. The van der Waals surface area contributed by atoms with Crippen molar-refractivity contribution in [3.05, 3.63) is 80.9 Å². The number of hydrogen-bond acceptors (Lipinski definition) is 6. The molecule has 0 aliphatic heterocycles. The molecule has 0 saturated carbocycles. The monoisotopic (exact) mass is 467 g/mol. The molecule has 34 heavy (non-hydrogen) atoms. The quantitative estimate of drug-likeness (QED) is 0.444. The van der Waals surface area contributed by atoms with Crippen LogP contribution in [0.5, 0.6) is 11.5 Å². The Bertz CT molecular complexity index is 1490. The van der Waals surface area contributed by atoms with Gasteiger partial charge < -0.3 is 14.8 Å². The zero-order valence-electron chi connectivity index (χ0n) is 18.7. The zero-order chi connectivity index (χ0) is 24.4. The number of nitrogens with one attached hydrogen (secondary N) is 1. The van der Waals surface area contributed by atoms with Crippen molar-refractivity contribution < 1.29 is 18.7 Å². The SMILES string of the molecule is COc1ccc(NC(=O)Cn2c(=O)n(Cc3ccc(F)cc3)c(=O)c3nn(C)cc32)cc1OC. The average Bonchev–Trinajstić information content (AvgIpc) is 3.22. The lowest BCUT2D eigenvalue weighted by atomic mass is 10.2. The number of ether oxygens (including phenoxy) is 2. The van der Waals surface area contributed by atoms with E-state index in [-0.39, 0.29) is 24.1 Å². The van der Waals surface area contributed by atoms with Gasteiger partial charge in [0.2, 0.25) is 5.91 Å². The molecule has 2 aromatic heterocycles. The Balaban J connectivity index is 1.70. The van der Waals surface area contributed by atoms with Crippen molar-refractivity contribution in [2.24, 2.45) is 7.05 Å². The van der Waals surface area contributed by atoms with Crippen LogP contribution in [0.25, 0.3) is 11.0 Å². The van der Waals surface area contributed by atoms with Crippen molar-refractivity contribution >= 4 is 22.6 Å². The maximum atomic E-state index is 13.3. The van der Waals surface area contributed by atoms with Crippen molar-refractivity contribution in [2.75, 3.05) is 19.5 Å². The fourth-order valence-corrected chi connectivity index (χ4v) is 3.61. The number of hydrogen-bond donors (Lipinski definition) is 1. The Morgan fingerprint density at radius 2 is 1.74 bits per heavy atom. The molecular weight excluding hydrogens is 445 g/mol. The predicted octanol–water partition coefficient (Wildman–Crippen LogP) is 1.74. The Morgan fingerprint density at radius 3 is 2.41 bits per heavy atom. The second-order valence-corrected chi connectivity index (χ2v) is 7.54. The number of amides is 1. The van der Waals surface area contributed by atoms with E-state index in [0.29, 0.717) is 22.7 Å². The molecular formula is C23H22FN5O5. The number of carbonyl (C=O) groups excluding carboxylic acids is 1. The first-order chi connectivity index (χ1) is 16.3. The van der Waals surface area contributed by atoms with Crippen molar-refractivity contribution in [3.8, 4) is 11.5 Å². The third-order valence-electron chi connectivity index (χ3n) is 5.23. The minimum absolute atomic E-state index is 0.0446. The number of benzene rings is 2. The summed E-state index contributed by atoms with van der Waals surface area (Å²) < 4.78 is 27.3. The number of anilines is 1. The second kappa shape index (κ2) is 9.22. The van der Waals surface area contributed by atoms with Gasteiger partial charge in [-0.25, -0.2) is 9.18 Å². The molecule has 0 fully saturated rings. The minimum atomic E-state index is -0.683. The summed E-state index contributed by atoms with van der Waals surface area (Å²) in [5, 5.41) is 6.88. The highest BCUT2D eigenvalue weighted by atomic mass is 19.1. The summed E-state index contributed by atoms with van der Waals surface area (Å²) >= 11 is 0. The van der Waals surface area contributed by atoms with Gasteiger partial charge in [-0.1, -0.05) is 12.1 Å². The number of fused-ring (bicyclic) bond motifs is 1. The van der Waals surface area contributed by atoms with Gasteiger partial charge in [0, 0.05) is 25.0 Å². The largest absolute Gasteiger partial charge is 0.493 e. The van der Waals surface area contributed by atoms with Crippen LogP contribution in [-0.2, 0) is 24.9 Å². The van der Waals surface area contributed by atoms with Gasteiger partial charge in [-0.3, -0.25) is 23.4 Å². The molecule has 0 radical (unpaired) electrons. The third-order valence-corrected chi connectivity index (χ3v) is 5.23. The number of carbonyl (C=O) groups is 1. The maximum absolute atomic E-state index is 13.3. The molecule has 0 saturated heterocycles. The highest BCUT2D eigenvalue weighted by Crippen LogP contribution is 2.29. The van der Waals surface area contributed by atoms with Crippen LogP contribution in [0.4, 0.5) is 10.1 Å². The van der Waals surface area contributed by atoms with E-state index < -0.39 is 23.0 Å². The molecule has 0 aliphatic carbocycles. The van der Waals surface area contributed by atoms with Crippen molar-refractivity contribution in [1.82, 2.24) is 18.9 Å². The molecule has 2 aromatic carbocycles. The van der Waals surface area contributed by atoms with Crippen LogP contribution in [0, 0.1) is 5.82 Å². The number of methoxy groups -OCH3 is 2. The summed E-state index contributed by atoms with van der Waals surface area (Å²) in [5.41, 5.74) is -0.00724. The van der Waals surface area contributed by atoms with E-state index in [0.717, 1.165) is 4.57 Å². The van der Waals surface area contributed by atoms with E-state index in [1.165, 1.54) is 53.9 Å². The Hall–Kier alpha value is -4.41. The Kier molecular flexibility index (Phi) is 6.17. The highest BCUT2D eigenvalue weighted by molar-refractivity contribution is 5.91. The Labute approximate surface area is 192 Å². The summed E-state index contributed by atoms with van der Waals surface area (Å²) in [6, 6.07) is 10.3. The molecule has 1 amide bonds. The van der Waals surface area contributed by atoms with Gasteiger partial charge in [0.1, 0.15) is 12.4 Å². The summed E-state index contributed by atoms with van der Waals surface area (Å²) in [6.07, 6.45) is 1.50. The van der Waals surface area contributed by atoms with Crippen LogP contribution < -0.4 is 26.0 Å². The molecule has 2 heterocycles. The zero-order valence-corrected chi connectivity index (χ0v) is 18.7. The van der Waals surface area contributed by atoms with Crippen LogP contribution in [0.3, 0.4) is 0 Å². The Morgan fingerprint density at radius 1 is 1.03 bits per heavy atom. The molecule has 0 unspecified atom stereocenters. The van der Waals surface area contributed by atoms with Crippen LogP contribution in [0.2, 0.25) is 0 Å². The van der Waals surface area contributed by atoms with Gasteiger partial charge in [-0.2, -0.15) is 5.10 Å². The lowest BCUT2D eigenvalue weighted by molar-refractivity contribution is -0.116. The van der Waals surface area contributed by atoms with Gasteiger partial charge in [-0.05, 0) is 29.8 Å². The number of rotatable bonds is 7. The fourth-order valence-electron chi connectivity index (χ4n) is 3.61. The van der Waals surface area contributed by atoms with Crippen molar-refractivity contribution in [2.45, 2.75) is 13.1 Å². The van der Waals surface area contributed by atoms with Crippen molar-refractivity contribution in [3.63, 3.8) is 0 Å². The molecule has 176 valence electrons. The van der Waals surface area contributed by atoms with Gasteiger partial charge in [-0.15, -0.1) is 0 Å². The number of aromatic nitrogens is 4. The standard InChI is InChI=1S/C23H22FN5O5/c1-27-12-17-21(26-27)22(31)29(11-14-4-6-15(24)7-5-14)23(32)28(17)13-20(30)25-16-8-9-18(33-2)19(10-16)34-3/h4-10,12H,11,13H2,1-3H3,(H,25,30). The van der Waals surface area contributed by atoms with Gasteiger partial charge >= 0.3 is 5.69 Å². The number of aryl methyl sites for hydroxylation is 1. The molecule has 0 aliphatic rings. The van der Waals surface area contributed by atoms with E-state index >= 15 is 0 Å². The molecule has 0 spiro atoms. The van der Waals surface area contributed by atoms with E-state index in [9.17, 15) is 18.8 Å². The molecule has 4 rings (SSSR count). The third kappa shape index (κ3) is 4.40. The second-order valence-electron chi connectivity index (χ2n) is 7.54. The van der Waals surface area contributed by atoms with E-state index in [2.05, 4.69) is 10.4 Å². The van der Waals surface area contributed by atoms with Gasteiger partial charge in [0.05, 0.1) is 26.3 Å². The number of nitrogens with zero attached hydrogens (tertiary/aromatic N) is 4.